The number of sulfonamides is 1. The van der Waals surface area contributed by atoms with Crippen LogP contribution < -0.4 is 10.5 Å². The van der Waals surface area contributed by atoms with Crippen molar-refractivity contribution in [1.82, 2.24) is 4.72 Å². The molecule has 0 unspecified atom stereocenters. The maximum absolute atomic E-state index is 10.8. The summed E-state index contributed by atoms with van der Waals surface area (Å²) in [5.41, 5.74) is 6.66. The average molecular weight is 188 g/mol. The third kappa shape index (κ3) is 2.58. The van der Waals surface area contributed by atoms with Crippen LogP contribution >= 0.6 is 0 Å². The van der Waals surface area contributed by atoms with Gasteiger partial charge in [0.15, 0.2) is 0 Å². The highest BCUT2D eigenvalue weighted by Gasteiger charge is 2.09. The van der Waals surface area contributed by atoms with E-state index in [1.807, 2.05) is 6.08 Å². The maximum Gasteiger partial charge on any atom is 0.229 e. The Morgan fingerprint density at radius 2 is 2.25 bits per heavy atom. The Morgan fingerprint density at radius 1 is 1.58 bits per heavy atom. The summed E-state index contributed by atoms with van der Waals surface area (Å²) in [6, 6.07) is 0. The van der Waals surface area contributed by atoms with E-state index in [0.717, 1.165) is 12.7 Å². The van der Waals surface area contributed by atoms with Crippen molar-refractivity contribution in [3.05, 3.63) is 23.5 Å². The lowest BCUT2D eigenvalue weighted by atomic mass is 10.1. The van der Waals surface area contributed by atoms with Gasteiger partial charge in [0.25, 0.3) is 0 Å². The second kappa shape index (κ2) is 3.18. The minimum Gasteiger partial charge on any atom is -0.397 e. The van der Waals surface area contributed by atoms with Crippen LogP contribution in [0.4, 0.5) is 0 Å². The predicted octanol–water partition coefficient (Wildman–Crippen LogP) is 0.0559. The fourth-order valence-corrected chi connectivity index (χ4v) is 1.68. The van der Waals surface area contributed by atoms with Crippen LogP contribution in [0.25, 0.3) is 0 Å². The lowest BCUT2D eigenvalue weighted by molar-refractivity contribution is 0.592. The summed E-state index contributed by atoms with van der Waals surface area (Å²) in [4.78, 5) is 0. The van der Waals surface area contributed by atoms with E-state index in [1.54, 1.807) is 6.08 Å². The van der Waals surface area contributed by atoms with Crippen molar-refractivity contribution in [3.63, 3.8) is 0 Å². The predicted molar refractivity (Wildman–Crippen MR) is 47.6 cm³/mol. The second-order valence-electron chi connectivity index (χ2n) is 2.75. The lowest BCUT2D eigenvalue weighted by Gasteiger charge is -2.13. The molecule has 1 aliphatic carbocycles. The zero-order valence-electron chi connectivity index (χ0n) is 6.87. The Kier molecular flexibility index (Phi) is 2.42. The summed E-state index contributed by atoms with van der Waals surface area (Å²) in [7, 11) is -3.18. The van der Waals surface area contributed by atoms with Crippen LogP contribution in [0.2, 0.25) is 0 Å². The summed E-state index contributed by atoms with van der Waals surface area (Å²) >= 11 is 0. The summed E-state index contributed by atoms with van der Waals surface area (Å²) in [6.07, 6.45) is 6.25. The molecular weight excluding hydrogens is 176 g/mol. The number of allylic oxidation sites excluding steroid dienone is 3. The molecule has 0 saturated carbocycles. The van der Waals surface area contributed by atoms with Gasteiger partial charge in [-0.1, -0.05) is 6.08 Å². The van der Waals surface area contributed by atoms with Crippen LogP contribution in [-0.2, 0) is 10.0 Å². The Morgan fingerprint density at radius 3 is 2.75 bits per heavy atom. The smallest absolute Gasteiger partial charge is 0.229 e. The molecule has 12 heavy (non-hydrogen) atoms. The van der Waals surface area contributed by atoms with Crippen LogP contribution in [0, 0.1) is 0 Å². The fraction of sp³-hybridized carbons (Fsp3) is 0.429. The lowest BCUT2D eigenvalue weighted by Crippen LogP contribution is -2.25. The van der Waals surface area contributed by atoms with Gasteiger partial charge in [0.05, 0.1) is 12.0 Å². The molecule has 0 fully saturated rings. The Labute approximate surface area is 72.2 Å². The van der Waals surface area contributed by atoms with Crippen molar-refractivity contribution in [2.75, 3.05) is 6.26 Å². The molecule has 0 aliphatic heterocycles. The van der Waals surface area contributed by atoms with Gasteiger partial charge >= 0.3 is 0 Å². The highest BCUT2D eigenvalue weighted by Crippen LogP contribution is 2.12. The molecule has 1 rings (SSSR count). The first-order chi connectivity index (χ1) is 5.49. The van der Waals surface area contributed by atoms with E-state index in [9.17, 15) is 8.42 Å². The van der Waals surface area contributed by atoms with E-state index >= 15 is 0 Å². The normalized spacial score (nSPS) is 18.1. The quantitative estimate of drug-likeness (QED) is 0.643. The molecule has 0 saturated heterocycles. The minimum absolute atomic E-state index is 0.506. The van der Waals surface area contributed by atoms with Crippen LogP contribution in [0.3, 0.4) is 0 Å². The van der Waals surface area contributed by atoms with Gasteiger partial charge in [0, 0.05) is 5.70 Å². The van der Waals surface area contributed by atoms with E-state index in [4.69, 9.17) is 5.73 Å². The Bertz CT molecular complexity index is 327. The van der Waals surface area contributed by atoms with E-state index in [0.29, 0.717) is 17.8 Å². The highest BCUT2D eigenvalue weighted by molar-refractivity contribution is 7.88. The zero-order valence-corrected chi connectivity index (χ0v) is 7.69. The molecule has 5 heteroatoms. The van der Waals surface area contributed by atoms with Crippen molar-refractivity contribution < 1.29 is 8.42 Å². The summed E-state index contributed by atoms with van der Waals surface area (Å²) < 4.78 is 24.0. The summed E-state index contributed by atoms with van der Waals surface area (Å²) in [5, 5.41) is 0. The molecule has 0 radical (unpaired) electrons. The third-order valence-corrected chi connectivity index (χ3v) is 2.13. The van der Waals surface area contributed by atoms with Gasteiger partial charge in [-0.3, -0.25) is 4.72 Å². The molecule has 4 nitrogen and oxygen atoms in total. The summed E-state index contributed by atoms with van der Waals surface area (Å²) in [6.45, 7) is 0. The minimum atomic E-state index is -3.18. The van der Waals surface area contributed by atoms with Crippen molar-refractivity contribution >= 4 is 10.0 Å². The van der Waals surface area contributed by atoms with Gasteiger partial charge in [-0.25, -0.2) is 8.42 Å². The highest BCUT2D eigenvalue weighted by atomic mass is 32.2. The topological polar surface area (TPSA) is 72.2 Å². The van der Waals surface area contributed by atoms with E-state index in [1.165, 1.54) is 0 Å². The molecular formula is C7H12N2O2S. The first kappa shape index (κ1) is 9.12. The van der Waals surface area contributed by atoms with Crippen LogP contribution in [0.5, 0.6) is 0 Å². The van der Waals surface area contributed by atoms with Gasteiger partial charge in [0.1, 0.15) is 0 Å². The third-order valence-electron chi connectivity index (χ3n) is 1.52. The maximum atomic E-state index is 10.8. The van der Waals surface area contributed by atoms with Gasteiger partial charge in [-0.2, -0.15) is 0 Å². The summed E-state index contributed by atoms with van der Waals surface area (Å²) in [5.74, 6) is 0. The first-order valence-corrected chi connectivity index (χ1v) is 5.51. The van der Waals surface area contributed by atoms with Crippen molar-refractivity contribution in [2.24, 2.45) is 5.73 Å². The molecule has 3 N–H and O–H groups in total. The second-order valence-corrected chi connectivity index (χ2v) is 4.50. The van der Waals surface area contributed by atoms with E-state index in [2.05, 4.69) is 4.72 Å². The van der Waals surface area contributed by atoms with Crippen molar-refractivity contribution in [1.29, 1.82) is 0 Å². The molecule has 1 aliphatic rings. The van der Waals surface area contributed by atoms with Crippen LogP contribution in [-0.4, -0.2) is 14.7 Å². The molecule has 0 aromatic rings. The molecule has 0 heterocycles. The van der Waals surface area contributed by atoms with Gasteiger partial charge in [-0.05, 0) is 18.9 Å². The molecule has 0 aromatic carbocycles. The molecule has 0 atom stereocenters. The number of nitrogens with one attached hydrogen (secondary N) is 1. The standard InChI is InChI=1S/C7H12N2O2S/c1-12(10,11)9-7-5-3-2-4-6(7)8/h2,4,9H,3,5,8H2,1H3. The van der Waals surface area contributed by atoms with Gasteiger partial charge in [0.2, 0.25) is 10.0 Å². The molecule has 0 bridgehead atoms. The average Bonchev–Trinajstić information content (AvgIpc) is 1.91. The largest absolute Gasteiger partial charge is 0.397 e. The van der Waals surface area contributed by atoms with Crippen molar-refractivity contribution in [2.45, 2.75) is 12.8 Å². The van der Waals surface area contributed by atoms with Crippen LogP contribution in [0.1, 0.15) is 12.8 Å². The monoisotopic (exact) mass is 188 g/mol. The molecule has 0 aromatic heterocycles. The van der Waals surface area contributed by atoms with Gasteiger partial charge < -0.3 is 5.73 Å². The number of nitrogens with two attached hydrogens (primary N) is 1. The number of hydrogen-bond acceptors (Lipinski definition) is 3. The molecule has 68 valence electrons. The SMILES string of the molecule is CS(=O)(=O)NC1=C(N)C=CCC1. The van der Waals surface area contributed by atoms with Gasteiger partial charge in [-0.15, -0.1) is 0 Å². The van der Waals surface area contributed by atoms with E-state index < -0.39 is 10.0 Å². The van der Waals surface area contributed by atoms with Crippen LogP contribution in [0.15, 0.2) is 23.5 Å². The Hall–Kier alpha value is -0.970. The number of rotatable bonds is 2. The molecule has 0 amide bonds. The molecule has 0 spiro atoms. The number of hydrogen-bond donors (Lipinski definition) is 2. The Balaban J connectivity index is 2.82. The zero-order chi connectivity index (χ0) is 9.19. The first-order valence-electron chi connectivity index (χ1n) is 3.62. The van der Waals surface area contributed by atoms with E-state index in [-0.39, 0.29) is 0 Å². The fourth-order valence-electron chi connectivity index (χ4n) is 1.02. The van der Waals surface area contributed by atoms with Crippen molar-refractivity contribution in [3.8, 4) is 0 Å².